The summed E-state index contributed by atoms with van der Waals surface area (Å²) >= 11 is 14.4. The molecule has 9 heterocycles. The van der Waals surface area contributed by atoms with Crippen molar-refractivity contribution in [2.45, 2.75) is 47.5 Å². The largest absolute Gasteiger partial charge is 0.354 e. The van der Waals surface area contributed by atoms with Gasteiger partial charge in [-0.25, -0.2) is 28.2 Å². The Morgan fingerprint density at radius 1 is 0.250 bits per heavy atom. The van der Waals surface area contributed by atoms with Gasteiger partial charge in [0, 0.05) is 136 Å². The molecule has 0 spiro atoms. The van der Waals surface area contributed by atoms with E-state index in [-0.39, 0.29) is 0 Å². The maximum Gasteiger partial charge on any atom is 0.173 e. The van der Waals surface area contributed by atoms with Gasteiger partial charge in [0.1, 0.15) is 0 Å². The third-order valence-electron chi connectivity index (χ3n) is 15.6. The van der Waals surface area contributed by atoms with E-state index in [0.717, 1.165) is 137 Å². The zero-order valence-corrected chi connectivity index (χ0v) is 52.3. The van der Waals surface area contributed by atoms with E-state index in [1.54, 1.807) is 0 Å². The molecule has 0 amide bonds. The fourth-order valence-electron chi connectivity index (χ4n) is 11.1. The van der Waals surface area contributed by atoms with Crippen LogP contribution in [0.5, 0.6) is 0 Å². The Bertz CT molecular complexity index is 4210. The van der Waals surface area contributed by atoms with Crippen molar-refractivity contribution in [3.05, 3.63) is 287 Å². The molecule has 84 heavy (non-hydrogen) atoms. The number of rotatable bonds is 16. The lowest BCUT2D eigenvalue weighted by Crippen LogP contribution is -2.33. The van der Waals surface area contributed by atoms with Crippen LogP contribution in [0.2, 0.25) is 0 Å². The Morgan fingerprint density at radius 2 is 0.464 bits per heavy atom. The first-order valence-electron chi connectivity index (χ1n) is 28.0. The average Bonchev–Trinajstić information content (AvgIpc) is 4.52. The highest BCUT2D eigenvalue weighted by Crippen LogP contribution is 2.38. The summed E-state index contributed by atoms with van der Waals surface area (Å²) in [5, 5.41) is 3.34. The Balaban J connectivity index is 1.01. The summed E-state index contributed by atoms with van der Waals surface area (Å²) in [6.45, 7) is 3.02. The van der Waals surface area contributed by atoms with E-state index in [2.05, 4.69) is 336 Å². The van der Waals surface area contributed by atoms with Crippen molar-refractivity contribution in [3.63, 3.8) is 0 Å². The molecule has 410 valence electrons. The smallest absolute Gasteiger partial charge is 0.173 e. The van der Waals surface area contributed by atoms with E-state index in [9.17, 15) is 0 Å². The predicted octanol–water partition coefficient (Wildman–Crippen LogP) is 16.2. The Morgan fingerprint density at radius 3 is 0.726 bits per heavy atom. The van der Waals surface area contributed by atoms with Crippen LogP contribution in [0.1, 0.15) is 67.3 Å². The van der Waals surface area contributed by atoms with Crippen molar-refractivity contribution in [3.8, 4) is 44.5 Å². The molecule has 13 rings (SSSR count). The summed E-state index contributed by atoms with van der Waals surface area (Å²) in [5.74, 6) is 0. The van der Waals surface area contributed by atoms with E-state index in [4.69, 9.17) is 9.97 Å². The van der Waals surface area contributed by atoms with Gasteiger partial charge in [0.2, 0.25) is 0 Å². The van der Waals surface area contributed by atoms with Gasteiger partial charge in [0.05, 0.1) is 22.8 Å². The van der Waals surface area contributed by atoms with E-state index in [0.29, 0.717) is 0 Å². The number of H-pyrrole nitrogens is 2. The molecule has 0 unspecified atom stereocenters. The molecule has 0 radical (unpaired) electrons. The Hall–Kier alpha value is -8.00. The monoisotopic (exact) mass is 1350 g/mol. The van der Waals surface area contributed by atoms with Crippen LogP contribution in [-0.4, -0.2) is 19.9 Å². The summed E-state index contributed by atoms with van der Waals surface area (Å²) in [4.78, 5) is 19.2. The van der Waals surface area contributed by atoms with E-state index >= 15 is 0 Å². The van der Waals surface area contributed by atoms with Gasteiger partial charge >= 0.3 is 0 Å². The number of halogens is 4. The topological polar surface area (TPSA) is 72.9 Å². The van der Waals surface area contributed by atoms with Crippen molar-refractivity contribution < 1.29 is 18.3 Å². The van der Waals surface area contributed by atoms with Gasteiger partial charge < -0.3 is 9.97 Å². The molecule has 8 bridgehead atoms. The fourth-order valence-corrected chi connectivity index (χ4v) is 12.6. The molecule has 8 nitrogen and oxygen atoms in total. The molecule has 4 aromatic carbocycles. The average molecular weight is 1350 g/mol. The second kappa shape index (κ2) is 25.1. The molecular weight excluding hydrogens is 1300 g/mol. The van der Waals surface area contributed by atoms with Gasteiger partial charge in [0.25, 0.3) is 0 Å². The van der Waals surface area contributed by atoms with Gasteiger partial charge in [-0.3, -0.25) is 0 Å². The zero-order chi connectivity index (χ0) is 56.9. The van der Waals surface area contributed by atoms with Crippen LogP contribution in [0.3, 0.4) is 0 Å². The highest BCUT2D eigenvalue weighted by Gasteiger charge is 2.22. The van der Waals surface area contributed by atoms with E-state index in [1.165, 1.54) is 44.5 Å². The van der Waals surface area contributed by atoms with Crippen molar-refractivity contribution in [2.24, 2.45) is 0 Å². The second-order valence-corrected chi connectivity index (χ2v) is 23.6. The normalized spacial score (nSPS) is 11.9. The summed E-state index contributed by atoms with van der Waals surface area (Å²) in [6, 6.07) is 61.7. The minimum absolute atomic E-state index is 0.750. The van der Waals surface area contributed by atoms with Crippen LogP contribution in [0, 0.1) is 0 Å². The number of benzene rings is 4. The minimum Gasteiger partial charge on any atom is -0.354 e. The van der Waals surface area contributed by atoms with Crippen LogP contribution in [0.25, 0.3) is 90.9 Å². The summed E-state index contributed by atoms with van der Waals surface area (Å²) in [7, 11) is 0. The lowest BCUT2D eigenvalue weighted by Gasteiger charge is -2.07. The van der Waals surface area contributed by atoms with Crippen molar-refractivity contribution >= 4 is 110 Å². The van der Waals surface area contributed by atoms with E-state index in [1.807, 2.05) is 0 Å². The van der Waals surface area contributed by atoms with Crippen LogP contribution in [0.15, 0.2) is 219 Å². The number of alkyl halides is 4. The van der Waals surface area contributed by atoms with Gasteiger partial charge in [-0.2, -0.15) is 0 Å². The first kappa shape index (κ1) is 55.2. The van der Waals surface area contributed by atoms with Gasteiger partial charge in [-0.15, -0.1) is 0 Å². The number of nitrogens with zero attached hydrogens (tertiary/aromatic N) is 6. The highest BCUT2D eigenvalue weighted by atomic mass is 79.9. The lowest BCUT2D eigenvalue weighted by atomic mass is 10.0. The summed E-state index contributed by atoms with van der Waals surface area (Å²) in [6.07, 6.45) is 26.0. The standard InChI is InChI=1S/C72H57Br4N8/c73-41-49-1-9-53(10-2-49)45-81-33-25-57(26-34-81)69-61-17-19-63(77-61)70(58-27-35-82(36-28-58)46-54-11-3-50(42-74)4-12-54)65-21-23-67(79-65)72(60-31-39-84(40-32-60)48-56-15-7-52(44-76)8-16-56)68-24-22-66(80-68)71(64-20-18-62(69)78-64)59-29-37-83(38-30-59)47-55-13-5-51(43-75)6-14-55/h1-40H,41-48H2,(H,77,78,79,80)/q+3/p+1. The van der Waals surface area contributed by atoms with Crippen LogP contribution < -0.4 is 18.3 Å². The SMILES string of the molecule is BrCc1ccc(C[n+]2ccc(-c3c4nc(c(-c5cc[n+](Cc6ccc(CBr)cc6)cc5)c5ccc([nH]5)c(-c5cc[n+](Cc6ccc(CBr)cc6)cc5)c5ccc([nH]5)c(-c5cc[n+](Cc6ccc(CBr)cc6)cc5)c5nc3C=C5)C=C4)cc2)cc1. The number of aromatic nitrogens is 8. The van der Waals surface area contributed by atoms with Crippen molar-refractivity contribution in [1.29, 1.82) is 0 Å². The second-order valence-electron chi connectivity index (χ2n) is 21.3. The van der Waals surface area contributed by atoms with Crippen LogP contribution in [0.4, 0.5) is 0 Å². The fraction of sp³-hybridized carbons (Fsp3) is 0.111. The van der Waals surface area contributed by atoms with Gasteiger partial charge in [-0.05, 0) is 93.1 Å². The first-order valence-corrected chi connectivity index (χ1v) is 32.5. The number of nitrogens with one attached hydrogen (secondary N) is 2. The van der Waals surface area contributed by atoms with Crippen molar-refractivity contribution in [2.75, 3.05) is 0 Å². The van der Waals surface area contributed by atoms with Gasteiger partial charge in [0.15, 0.2) is 75.8 Å². The number of fused-ring (bicyclic) bond motifs is 8. The van der Waals surface area contributed by atoms with Crippen LogP contribution >= 0.6 is 63.7 Å². The third kappa shape index (κ3) is 12.2. The summed E-state index contributed by atoms with van der Waals surface area (Å²) in [5.41, 5.74) is 25.4. The molecule has 0 fully saturated rings. The maximum atomic E-state index is 5.62. The third-order valence-corrected chi connectivity index (χ3v) is 18.2. The number of pyridine rings is 4. The Kier molecular flexibility index (Phi) is 16.5. The van der Waals surface area contributed by atoms with Gasteiger partial charge in [-0.1, -0.05) is 161 Å². The van der Waals surface area contributed by atoms with Crippen molar-refractivity contribution in [1.82, 2.24) is 19.9 Å². The molecule has 2 N–H and O–H groups in total. The molecule has 2 aliphatic rings. The molecule has 0 aliphatic carbocycles. The molecule has 2 aliphatic heterocycles. The number of hydrogen-bond donors (Lipinski definition) is 2. The predicted molar refractivity (Wildman–Crippen MR) is 354 cm³/mol. The molecule has 0 atom stereocenters. The number of aromatic amines is 2. The molecular formula is C72H58Br4N8+4. The minimum atomic E-state index is 0.750. The quantitative estimate of drug-likeness (QED) is 0.0747. The molecule has 11 aromatic rings. The van der Waals surface area contributed by atoms with Crippen LogP contribution in [-0.2, 0) is 47.5 Å². The van der Waals surface area contributed by atoms with E-state index < -0.39 is 0 Å². The lowest BCUT2D eigenvalue weighted by molar-refractivity contribution is -0.688. The number of hydrogen-bond acceptors (Lipinski definition) is 2. The highest BCUT2D eigenvalue weighted by molar-refractivity contribution is 9.09. The molecule has 12 heteroatoms. The molecule has 0 saturated heterocycles. The molecule has 7 aromatic heterocycles. The molecule has 0 saturated carbocycles. The first-order chi connectivity index (χ1) is 41.3. The zero-order valence-electron chi connectivity index (χ0n) is 45.9. The summed E-state index contributed by atoms with van der Waals surface area (Å²) < 4.78 is 8.93. The Labute approximate surface area is 522 Å². The maximum absolute atomic E-state index is 5.62.